The Bertz CT molecular complexity index is 892. The molecule has 0 unspecified atom stereocenters. The summed E-state index contributed by atoms with van der Waals surface area (Å²) in [4.78, 5) is 17.1. The predicted molar refractivity (Wildman–Crippen MR) is 95.0 cm³/mol. The number of Topliss-reactive ketones (excluding diaryl/α,β-unsaturated/α-hetero) is 1. The number of halogens is 1. The lowest BCUT2D eigenvalue weighted by Crippen LogP contribution is -3.00. The van der Waals surface area contributed by atoms with E-state index in [1.807, 2.05) is 49.0 Å². The molecule has 0 aliphatic rings. The van der Waals surface area contributed by atoms with Gasteiger partial charge in [-0.05, 0) is 32.0 Å². The number of carbonyl (C=O) groups excluding carboxylic acids is 1. The van der Waals surface area contributed by atoms with Gasteiger partial charge in [0.1, 0.15) is 5.75 Å². The summed E-state index contributed by atoms with van der Waals surface area (Å²) < 4.78 is 7.33. The Hall–Kier alpha value is -1.61. The molecule has 0 bridgehead atoms. The molecule has 1 N–H and O–H groups in total. The quantitative estimate of drug-likeness (QED) is 0.452. The number of nitrogens with zero attached hydrogens (tertiary/aromatic N) is 2. The van der Waals surface area contributed by atoms with Crippen LogP contribution in [0.25, 0.3) is 10.9 Å². The Balaban J connectivity index is 0.00000156. The molecule has 24 heavy (non-hydrogen) atoms. The van der Waals surface area contributed by atoms with Crippen LogP contribution in [0.2, 0.25) is 0 Å². The van der Waals surface area contributed by atoms with E-state index in [0.717, 1.165) is 38.7 Å². The molecule has 7 heteroatoms. The first-order valence-electron chi connectivity index (χ1n) is 7.33. The highest BCUT2D eigenvalue weighted by Gasteiger charge is 2.19. The molecule has 0 radical (unpaired) electrons. The number of benzene rings is 1. The van der Waals surface area contributed by atoms with Crippen molar-refractivity contribution in [2.75, 3.05) is 19.0 Å². The maximum absolute atomic E-state index is 12.7. The third-order valence-electron chi connectivity index (χ3n) is 4.00. The van der Waals surface area contributed by atoms with Gasteiger partial charge in [0.05, 0.1) is 19.3 Å². The zero-order chi connectivity index (χ0) is 16.6. The molecule has 0 aliphatic heterocycles. The minimum absolute atomic E-state index is 0. The summed E-state index contributed by atoms with van der Waals surface area (Å²) in [5.41, 5.74) is 3.67. The second-order valence-electron chi connectivity index (χ2n) is 5.47. The number of carbonyl (C=O) groups is 1. The van der Waals surface area contributed by atoms with Crippen molar-refractivity contribution in [1.82, 2.24) is 9.55 Å². The molecule has 2 aromatic heterocycles. The van der Waals surface area contributed by atoms with Crippen molar-refractivity contribution in [2.24, 2.45) is 7.05 Å². The van der Waals surface area contributed by atoms with Crippen LogP contribution in [0.3, 0.4) is 0 Å². The number of aromatic nitrogens is 2. The molecule has 5 nitrogen and oxygen atoms in total. The number of hydrogen-bond acceptors (Lipinski definition) is 5. The maximum Gasteiger partial charge on any atom is 1.00 e. The smallest absolute Gasteiger partial charge is 1.00 e. The number of rotatable bonds is 5. The van der Waals surface area contributed by atoms with Gasteiger partial charge < -0.3 is 38.6 Å². The molecule has 0 atom stereocenters. The normalized spacial score (nSPS) is 10.5. The summed E-state index contributed by atoms with van der Waals surface area (Å²) in [5, 5.41) is 6.76. The van der Waals surface area contributed by atoms with Gasteiger partial charge in [0.15, 0.2) is 10.9 Å². The Morgan fingerprint density at radius 1 is 1.42 bits per heavy atom. The largest absolute Gasteiger partial charge is 1.00 e. The third kappa shape index (κ3) is 3.41. The second-order valence-corrected chi connectivity index (χ2v) is 6.33. The molecule has 1 aromatic carbocycles. The lowest BCUT2D eigenvalue weighted by Gasteiger charge is -2.04. The van der Waals surface area contributed by atoms with E-state index >= 15 is 0 Å². The van der Waals surface area contributed by atoms with Crippen LogP contribution < -0.4 is 34.0 Å². The van der Waals surface area contributed by atoms with Crippen molar-refractivity contribution >= 4 is 33.2 Å². The molecular weight excluding hydrogens is 437 g/mol. The summed E-state index contributed by atoms with van der Waals surface area (Å²) in [6.07, 6.45) is 0. The Kier molecular flexibility index (Phi) is 5.87. The number of anilines is 1. The van der Waals surface area contributed by atoms with Gasteiger partial charge in [-0.1, -0.05) is 0 Å². The topological polar surface area (TPSA) is 56.1 Å². The molecule has 0 saturated carbocycles. The van der Waals surface area contributed by atoms with E-state index in [1.165, 1.54) is 11.3 Å². The predicted octanol–water partition coefficient (Wildman–Crippen LogP) is 0.672. The SMILES string of the molecule is COc1ccc2c(c1)c(C(=O)CNc1nc(C)cs1)c(C)n2C.[H+].[I-]. The standard InChI is InChI=1S/C17H19N3O2S.HI/c1-10-9-23-17(19-10)18-8-15(21)16-11(2)20(3)14-6-5-12(22-4)7-13(14)16;/h5-7,9H,8H2,1-4H3,(H,18,19);1H. The van der Waals surface area contributed by atoms with Gasteiger partial charge in [-0.2, -0.15) is 0 Å². The highest BCUT2D eigenvalue weighted by Crippen LogP contribution is 2.29. The van der Waals surface area contributed by atoms with Crippen LogP contribution in [0, 0.1) is 13.8 Å². The first kappa shape index (κ1) is 18.7. The van der Waals surface area contributed by atoms with Gasteiger partial charge in [-0.25, -0.2) is 4.98 Å². The molecule has 3 aromatic rings. The van der Waals surface area contributed by atoms with E-state index in [9.17, 15) is 4.79 Å². The molecule has 3 rings (SSSR count). The van der Waals surface area contributed by atoms with Crippen molar-refractivity contribution in [2.45, 2.75) is 13.8 Å². The fraction of sp³-hybridized carbons (Fsp3) is 0.294. The molecular formula is C17H20IN3O2S. The van der Waals surface area contributed by atoms with E-state index in [-0.39, 0.29) is 37.7 Å². The zero-order valence-corrected chi connectivity index (χ0v) is 17.0. The van der Waals surface area contributed by atoms with E-state index in [2.05, 4.69) is 10.3 Å². The maximum atomic E-state index is 12.7. The Labute approximate surface area is 163 Å². The molecule has 0 saturated heterocycles. The monoisotopic (exact) mass is 457 g/mol. The summed E-state index contributed by atoms with van der Waals surface area (Å²) in [6, 6.07) is 5.81. The van der Waals surface area contributed by atoms with Gasteiger partial charge in [-0.3, -0.25) is 4.79 Å². The number of hydrogen-bond donors (Lipinski definition) is 1. The second kappa shape index (κ2) is 7.52. The highest BCUT2D eigenvalue weighted by molar-refractivity contribution is 7.13. The average Bonchev–Trinajstić information content (AvgIpc) is 3.07. The van der Waals surface area contributed by atoms with Crippen LogP contribution in [0.5, 0.6) is 5.75 Å². The molecule has 128 valence electrons. The lowest BCUT2D eigenvalue weighted by atomic mass is 10.1. The average molecular weight is 457 g/mol. The number of ether oxygens (including phenoxy) is 1. The van der Waals surface area contributed by atoms with Crippen LogP contribution in [0.4, 0.5) is 5.13 Å². The van der Waals surface area contributed by atoms with Gasteiger partial charge >= 0.3 is 1.43 Å². The fourth-order valence-corrected chi connectivity index (χ4v) is 3.40. The first-order chi connectivity index (χ1) is 11.0. The van der Waals surface area contributed by atoms with E-state index in [4.69, 9.17) is 4.74 Å². The molecule has 2 heterocycles. The van der Waals surface area contributed by atoms with Crippen LogP contribution in [-0.4, -0.2) is 29.0 Å². The number of thiazole rings is 1. The van der Waals surface area contributed by atoms with Gasteiger partial charge in [-0.15, -0.1) is 11.3 Å². The minimum Gasteiger partial charge on any atom is -1.00 e. The van der Waals surface area contributed by atoms with Crippen LogP contribution in [-0.2, 0) is 7.05 Å². The van der Waals surface area contributed by atoms with Crippen molar-refractivity contribution < 1.29 is 34.9 Å². The van der Waals surface area contributed by atoms with Crippen LogP contribution in [0.15, 0.2) is 23.6 Å². The van der Waals surface area contributed by atoms with E-state index in [0.29, 0.717) is 0 Å². The minimum atomic E-state index is 0. The molecule has 0 spiro atoms. The fourth-order valence-electron chi connectivity index (χ4n) is 2.71. The lowest BCUT2D eigenvalue weighted by molar-refractivity contribution is -0.0000130. The summed E-state index contributed by atoms with van der Waals surface area (Å²) >= 11 is 1.51. The Morgan fingerprint density at radius 2 is 2.17 bits per heavy atom. The molecule has 0 amide bonds. The number of fused-ring (bicyclic) bond motifs is 1. The van der Waals surface area contributed by atoms with Gasteiger partial charge in [0.25, 0.3) is 0 Å². The zero-order valence-electron chi connectivity index (χ0n) is 15.0. The molecule has 0 aliphatic carbocycles. The first-order valence-corrected chi connectivity index (χ1v) is 8.21. The van der Waals surface area contributed by atoms with Gasteiger partial charge in [0, 0.05) is 34.6 Å². The van der Waals surface area contributed by atoms with Crippen molar-refractivity contribution in [3.05, 3.63) is 40.5 Å². The summed E-state index contributed by atoms with van der Waals surface area (Å²) in [5.74, 6) is 0.801. The summed E-state index contributed by atoms with van der Waals surface area (Å²) in [6.45, 7) is 4.13. The number of ketones is 1. The van der Waals surface area contributed by atoms with Crippen molar-refractivity contribution in [3.8, 4) is 5.75 Å². The van der Waals surface area contributed by atoms with Crippen LogP contribution in [0.1, 0.15) is 23.2 Å². The highest BCUT2D eigenvalue weighted by atomic mass is 127. The molecule has 0 fully saturated rings. The van der Waals surface area contributed by atoms with Crippen LogP contribution >= 0.6 is 11.3 Å². The number of methoxy groups -OCH3 is 1. The van der Waals surface area contributed by atoms with E-state index in [1.54, 1.807) is 7.11 Å². The summed E-state index contributed by atoms with van der Waals surface area (Å²) in [7, 11) is 3.60. The number of nitrogens with one attached hydrogen (secondary N) is 1. The van der Waals surface area contributed by atoms with Gasteiger partial charge in [0.2, 0.25) is 0 Å². The Morgan fingerprint density at radius 3 is 2.79 bits per heavy atom. The number of aryl methyl sites for hydroxylation is 2. The van der Waals surface area contributed by atoms with Crippen molar-refractivity contribution in [3.63, 3.8) is 0 Å². The third-order valence-corrected chi connectivity index (χ3v) is 4.92. The van der Waals surface area contributed by atoms with E-state index < -0.39 is 0 Å². The van der Waals surface area contributed by atoms with Crippen molar-refractivity contribution in [1.29, 1.82) is 0 Å².